The van der Waals surface area contributed by atoms with Gasteiger partial charge in [-0.15, -0.1) is 0 Å². The number of rotatable bonds is 2. The Balaban J connectivity index is 1.55. The third kappa shape index (κ3) is 2.56. The Morgan fingerprint density at radius 1 is 1.00 bits per heavy atom. The Hall–Kier alpha value is -3.40. The van der Waals surface area contributed by atoms with Crippen LogP contribution in [0.2, 0.25) is 0 Å². The molecule has 0 atom stereocenters. The number of pyridine rings is 1. The van der Waals surface area contributed by atoms with Gasteiger partial charge in [-0.2, -0.15) is 4.57 Å². The van der Waals surface area contributed by atoms with Gasteiger partial charge in [0.05, 0.1) is 0 Å². The van der Waals surface area contributed by atoms with Gasteiger partial charge in [-0.25, -0.2) is 0 Å². The largest absolute Gasteiger partial charge is 0.871 e. The van der Waals surface area contributed by atoms with Gasteiger partial charge in [-0.1, -0.05) is 37.8 Å². The number of Topliss-reactive ketones (excluding diaryl/α,β-unsaturated/α-hetero) is 1. The van der Waals surface area contributed by atoms with Crippen molar-refractivity contribution in [3.8, 4) is 0 Å². The summed E-state index contributed by atoms with van der Waals surface area (Å²) in [4.78, 5) is 15.2. The van der Waals surface area contributed by atoms with Gasteiger partial charge >= 0.3 is 0 Å². The third-order valence-electron chi connectivity index (χ3n) is 7.40. The number of aromatic nitrogens is 1. The van der Waals surface area contributed by atoms with Crippen molar-refractivity contribution in [1.29, 1.82) is 0 Å². The fourth-order valence-electron chi connectivity index (χ4n) is 5.48. The number of allylic oxidation sites excluding steroid dienone is 7. The van der Waals surface area contributed by atoms with Crippen molar-refractivity contribution in [3.63, 3.8) is 0 Å². The summed E-state index contributed by atoms with van der Waals surface area (Å²) in [6, 6.07) is 14.3. The zero-order valence-corrected chi connectivity index (χ0v) is 19.5. The molecule has 0 amide bonds. The molecule has 162 valence electrons. The zero-order valence-electron chi connectivity index (χ0n) is 19.5. The van der Waals surface area contributed by atoms with E-state index in [1.54, 1.807) is 6.08 Å². The van der Waals surface area contributed by atoms with Crippen molar-refractivity contribution < 1.29 is 14.5 Å². The number of anilines is 1. The second-order valence-electron chi connectivity index (χ2n) is 9.91. The van der Waals surface area contributed by atoms with Crippen molar-refractivity contribution in [2.45, 2.75) is 45.6 Å². The second-order valence-corrected chi connectivity index (χ2v) is 9.91. The van der Waals surface area contributed by atoms with Gasteiger partial charge in [0.15, 0.2) is 17.5 Å². The maximum Gasteiger partial charge on any atom is 0.209 e. The third-order valence-corrected chi connectivity index (χ3v) is 7.40. The molecule has 0 spiro atoms. The molecule has 32 heavy (non-hydrogen) atoms. The molecule has 4 nitrogen and oxygen atoms in total. The highest BCUT2D eigenvalue weighted by molar-refractivity contribution is 6.21. The van der Waals surface area contributed by atoms with Crippen LogP contribution in [0.5, 0.6) is 0 Å². The molecule has 0 fully saturated rings. The molecule has 2 aromatic rings. The fraction of sp³-hybridized carbons (Fsp3) is 0.286. The van der Waals surface area contributed by atoms with Gasteiger partial charge in [0.2, 0.25) is 5.69 Å². The Kier molecular flexibility index (Phi) is 4.20. The highest BCUT2D eigenvalue weighted by atomic mass is 16.3. The van der Waals surface area contributed by atoms with Crippen LogP contribution in [-0.2, 0) is 15.7 Å². The molecular weight excluding hydrogens is 396 g/mol. The first kappa shape index (κ1) is 20.5. The van der Waals surface area contributed by atoms with E-state index in [2.05, 4.69) is 62.3 Å². The average molecular weight is 425 g/mol. The van der Waals surface area contributed by atoms with E-state index >= 15 is 0 Å². The summed E-state index contributed by atoms with van der Waals surface area (Å²) < 4.78 is 2.20. The van der Waals surface area contributed by atoms with Gasteiger partial charge in [0.25, 0.3) is 0 Å². The van der Waals surface area contributed by atoms with E-state index < -0.39 is 0 Å². The zero-order chi connectivity index (χ0) is 23.0. The highest BCUT2D eigenvalue weighted by Crippen LogP contribution is 2.48. The van der Waals surface area contributed by atoms with E-state index in [0.717, 1.165) is 28.2 Å². The van der Waals surface area contributed by atoms with Gasteiger partial charge in [-0.05, 0) is 36.8 Å². The number of ketones is 1. The normalized spacial score (nSPS) is 23.2. The molecule has 1 aromatic heterocycles. The Labute approximate surface area is 189 Å². The maximum atomic E-state index is 13.1. The molecule has 2 aliphatic heterocycles. The van der Waals surface area contributed by atoms with Crippen LogP contribution >= 0.6 is 0 Å². The van der Waals surface area contributed by atoms with Crippen molar-refractivity contribution in [2.75, 3.05) is 11.9 Å². The SMILES string of the molecule is CC1=C(/C=C2\C(=O)C(/C=C3\N(C)c4ccccc4C3(C)C)=C2[O-])C(C)(C)[n+]2ccccc21. The molecule has 0 saturated carbocycles. The van der Waals surface area contributed by atoms with E-state index in [1.807, 2.05) is 43.6 Å². The smallest absolute Gasteiger partial charge is 0.209 e. The number of benzene rings is 1. The summed E-state index contributed by atoms with van der Waals surface area (Å²) in [6.45, 7) is 10.6. The predicted octanol–water partition coefficient (Wildman–Crippen LogP) is 3.93. The molecule has 0 radical (unpaired) electrons. The summed E-state index contributed by atoms with van der Waals surface area (Å²) in [5.74, 6) is -0.334. The molecule has 3 aliphatic rings. The lowest BCUT2D eigenvalue weighted by Crippen LogP contribution is -2.51. The van der Waals surface area contributed by atoms with Gasteiger partial charge < -0.3 is 10.0 Å². The molecule has 0 unspecified atom stereocenters. The van der Waals surface area contributed by atoms with Crippen LogP contribution in [0.1, 0.15) is 45.9 Å². The van der Waals surface area contributed by atoms with E-state index in [-0.39, 0.29) is 33.6 Å². The monoisotopic (exact) mass is 424 g/mol. The summed E-state index contributed by atoms with van der Waals surface area (Å²) in [5, 5.41) is 13.1. The first-order chi connectivity index (χ1) is 15.1. The minimum Gasteiger partial charge on any atom is -0.871 e. The number of carbonyl (C=O) groups excluding carboxylic acids is 1. The molecule has 0 saturated heterocycles. The summed E-state index contributed by atoms with van der Waals surface area (Å²) in [5.41, 5.74) is 6.47. The Bertz CT molecular complexity index is 1320. The topological polar surface area (TPSA) is 47.3 Å². The number of nitrogens with zero attached hydrogens (tertiary/aromatic N) is 2. The fourth-order valence-corrected chi connectivity index (χ4v) is 5.48. The van der Waals surface area contributed by atoms with Crippen LogP contribution in [0.3, 0.4) is 0 Å². The van der Waals surface area contributed by atoms with Crippen molar-refractivity contribution in [3.05, 3.63) is 100 Å². The lowest BCUT2D eigenvalue weighted by molar-refractivity contribution is -0.744. The summed E-state index contributed by atoms with van der Waals surface area (Å²) in [6.07, 6.45) is 5.66. The number of hydrogen-bond acceptors (Lipinski definition) is 3. The highest BCUT2D eigenvalue weighted by Gasteiger charge is 2.44. The minimum absolute atomic E-state index is 0.167. The molecule has 0 N–H and O–H groups in total. The van der Waals surface area contributed by atoms with E-state index in [4.69, 9.17) is 0 Å². The van der Waals surface area contributed by atoms with E-state index in [0.29, 0.717) is 0 Å². The first-order valence-electron chi connectivity index (χ1n) is 11.0. The number of fused-ring (bicyclic) bond motifs is 2. The standard InChI is InChI=1S/C28H28N2O2/c1-17-21(28(4,5)30-14-10-9-12-22(17)30)15-18-25(31)19(26(18)32)16-24-27(2,3)20-11-7-8-13-23(20)29(24)6/h7-16H,1-6H3. The molecule has 5 rings (SSSR count). The van der Waals surface area contributed by atoms with Crippen LogP contribution in [0, 0.1) is 0 Å². The summed E-state index contributed by atoms with van der Waals surface area (Å²) >= 11 is 0. The van der Waals surface area contributed by atoms with Crippen molar-refractivity contribution in [2.24, 2.45) is 0 Å². The number of likely N-dealkylation sites (N-methyl/N-ethyl adjacent to an activating group) is 1. The number of para-hydroxylation sites is 1. The first-order valence-corrected chi connectivity index (χ1v) is 11.0. The molecule has 3 heterocycles. The molecular formula is C28H28N2O2. The van der Waals surface area contributed by atoms with Crippen molar-refractivity contribution in [1.82, 2.24) is 0 Å². The van der Waals surface area contributed by atoms with Gasteiger partial charge in [-0.3, -0.25) is 4.79 Å². The average Bonchev–Trinajstić information content (AvgIpc) is 3.09. The Morgan fingerprint density at radius 2 is 1.69 bits per heavy atom. The molecule has 1 aliphatic carbocycles. The second kappa shape index (κ2) is 6.55. The van der Waals surface area contributed by atoms with Crippen LogP contribution < -0.4 is 14.6 Å². The van der Waals surface area contributed by atoms with E-state index in [9.17, 15) is 9.90 Å². The van der Waals surface area contributed by atoms with Crippen LogP contribution in [0.25, 0.3) is 5.57 Å². The van der Waals surface area contributed by atoms with Crippen LogP contribution in [-0.4, -0.2) is 12.8 Å². The van der Waals surface area contributed by atoms with Crippen LogP contribution in [0.15, 0.2) is 89.0 Å². The molecule has 0 bridgehead atoms. The van der Waals surface area contributed by atoms with Gasteiger partial charge in [0, 0.05) is 72.1 Å². The summed E-state index contributed by atoms with van der Waals surface area (Å²) in [7, 11) is 1.99. The predicted molar refractivity (Wildman–Crippen MR) is 125 cm³/mol. The molecule has 1 aromatic carbocycles. The van der Waals surface area contributed by atoms with E-state index in [1.165, 1.54) is 5.56 Å². The number of hydrogen-bond donors (Lipinski definition) is 0. The van der Waals surface area contributed by atoms with Crippen LogP contribution in [0.4, 0.5) is 5.69 Å². The van der Waals surface area contributed by atoms with Gasteiger partial charge in [0.1, 0.15) is 0 Å². The number of carbonyl (C=O) groups is 1. The minimum atomic E-state index is -0.322. The molecule has 4 heteroatoms. The Morgan fingerprint density at radius 3 is 2.34 bits per heavy atom. The lowest BCUT2D eigenvalue weighted by atomic mass is 9.79. The lowest BCUT2D eigenvalue weighted by Gasteiger charge is -2.32. The van der Waals surface area contributed by atoms with Crippen molar-refractivity contribution >= 4 is 17.0 Å². The quantitative estimate of drug-likeness (QED) is 0.542. The maximum absolute atomic E-state index is 13.1.